The summed E-state index contributed by atoms with van der Waals surface area (Å²) in [5.41, 5.74) is 2.54. The molecule has 0 radical (unpaired) electrons. The zero-order valence-electron chi connectivity index (χ0n) is 19.6. The van der Waals surface area contributed by atoms with Gasteiger partial charge in [-0.15, -0.1) is 11.8 Å². The van der Waals surface area contributed by atoms with Crippen LogP contribution in [0, 0.1) is 0 Å². The average molecular weight is 437 g/mol. The monoisotopic (exact) mass is 436 g/mol. The zero-order valence-corrected chi connectivity index (χ0v) is 20.4. The molecule has 2 aliphatic heterocycles. The van der Waals surface area contributed by atoms with Crippen molar-refractivity contribution in [2.45, 2.75) is 70.7 Å². The van der Waals surface area contributed by atoms with Gasteiger partial charge in [-0.3, -0.25) is 14.7 Å². The van der Waals surface area contributed by atoms with E-state index in [1.54, 1.807) is 13.1 Å². The van der Waals surface area contributed by atoms with Crippen LogP contribution in [0.2, 0.25) is 0 Å². The number of amides is 1. The second kappa shape index (κ2) is 8.69. The fourth-order valence-electron chi connectivity index (χ4n) is 3.79. The Labute approximate surface area is 200 Å². The number of β-lactam (4-membered cyclic amide) rings is 1. The molecule has 1 aromatic rings. The number of phenols is 1. The van der Waals surface area contributed by atoms with E-state index < -0.39 is 12.0 Å². The van der Waals surface area contributed by atoms with Crippen LogP contribution in [0.5, 0.6) is 5.75 Å². The molecule has 31 heavy (non-hydrogen) atoms. The largest absolute Gasteiger partial charge is 1.00 e. The standard InChI is InChI=1S/C23H30N2O4S.Li/c1-12-11-30-20-16(19(27)25(20)17(12)21(28)29)24-10-13-8-14(22(2,3)4)18(26)15(9-13)23(5,6)7;/h8-10,16,20,26H,11H2,1-7H3,(H,28,29);/q;+1/p-1/t16-,20+;/m1./s1. The van der Waals surface area contributed by atoms with Crippen molar-refractivity contribution in [1.29, 1.82) is 0 Å². The van der Waals surface area contributed by atoms with Gasteiger partial charge in [0.25, 0.3) is 5.91 Å². The Morgan fingerprint density at radius 1 is 1.19 bits per heavy atom. The third-order valence-corrected chi connectivity index (χ3v) is 6.87. The average Bonchev–Trinajstić information content (AvgIpc) is 2.60. The predicted molar refractivity (Wildman–Crippen MR) is 118 cm³/mol. The number of hydrogen-bond acceptors (Lipinski definition) is 6. The Kier molecular flexibility index (Phi) is 7.17. The molecule has 1 saturated heterocycles. The summed E-state index contributed by atoms with van der Waals surface area (Å²) in [6.07, 6.45) is 1.66. The number of aromatic hydroxyl groups is 1. The quantitative estimate of drug-likeness (QED) is 0.400. The molecule has 8 heteroatoms. The van der Waals surface area contributed by atoms with Gasteiger partial charge in [0, 0.05) is 23.1 Å². The smallest absolute Gasteiger partial charge is 0.543 e. The molecule has 1 amide bonds. The molecule has 1 aromatic carbocycles. The molecule has 0 aromatic heterocycles. The Bertz CT molecular complexity index is 938. The van der Waals surface area contributed by atoms with Crippen molar-refractivity contribution < 1.29 is 38.7 Å². The van der Waals surface area contributed by atoms with Crippen molar-refractivity contribution in [3.8, 4) is 5.75 Å². The number of benzene rings is 1. The van der Waals surface area contributed by atoms with Crippen molar-refractivity contribution in [2.24, 2.45) is 4.99 Å². The van der Waals surface area contributed by atoms with Crippen LogP contribution in [0.3, 0.4) is 0 Å². The Morgan fingerprint density at radius 2 is 1.71 bits per heavy atom. The number of nitrogens with zero attached hydrogens (tertiary/aromatic N) is 2. The summed E-state index contributed by atoms with van der Waals surface area (Å²) < 4.78 is 0. The molecule has 1 fully saturated rings. The first-order chi connectivity index (χ1) is 13.7. The van der Waals surface area contributed by atoms with E-state index in [-0.39, 0.29) is 46.7 Å². The molecule has 6 nitrogen and oxygen atoms in total. The maximum atomic E-state index is 12.6. The van der Waals surface area contributed by atoms with E-state index in [1.165, 1.54) is 16.7 Å². The molecule has 0 aliphatic carbocycles. The summed E-state index contributed by atoms with van der Waals surface area (Å²) in [4.78, 5) is 29.9. The van der Waals surface area contributed by atoms with E-state index in [9.17, 15) is 19.8 Å². The summed E-state index contributed by atoms with van der Waals surface area (Å²) in [5.74, 6) is -0.824. The Morgan fingerprint density at radius 3 is 2.16 bits per heavy atom. The van der Waals surface area contributed by atoms with Gasteiger partial charge in [0.1, 0.15) is 11.1 Å². The number of aliphatic carboxylic acids is 1. The number of carbonyl (C=O) groups excluding carboxylic acids is 2. The molecule has 0 spiro atoms. The van der Waals surface area contributed by atoms with Gasteiger partial charge in [0.2, 0.25) is 0 Å². The molecule has 0 saturated carbocycles. The van der Waals surface area contributed by atoms with E-state index in [4.69, 9.17) is 0 Å². The van der Waals surface area contributed by atoms with Gasteiger partial charge in [-0.2, -0.15) is 0 Å². The molecule has 0 unspecified atom stereocenters. The number of carbonyl (C=O) groups is 2. The fraction of sp³-hybridized carbons (Fsp3) is 0.522. The van der Waals surface area contributed by atoms with E-state index in [2.05, 4.69) is 4.99 Å². The first-order valence-electron chi connectivity index (χ1n) is 10.0. The SMILES string of the molecule is CC1=C(C(=O)[O-])N2C(=O)[C@@H](N=Cc3cc(C(C)(C)C)c(O)c(C(C)(C)C)c3)[C@@H]2SC1.[Li+]. The molecule has 162 valence electrons. The molecule has 2 atom stereocenters. The van der Waals surface area contributed by atoms with Gasteiger partial charge in [-0.05, 0) is 41.0 Å². The van der Waals surface area contributed by atoms with Crippen molar-refractivity contribution in [2.75, 3.05) is 5.75 Å². The first kappa shape index (κ1) is 25.6. The topological polar surface area (TPSA) is 93.0 Å². The number of aliphatic imine (C=N–C) groups is 1. The second-order valence-electron chi connectivity index (χ2n) is 10.0. The van der Waals surface area contributed by atoms with Gasteiger partial charge in [-0.1, -0.05) is 41.5 Å². The van der Waals surface area contributed by atoms with Gasteiger partial charge >= 0.3 is 18.9 Å². The number of thioether (sulfide) groups is 1. The molecular weight excluding hydrogens is 407 g/mol. The number of hydrogen-bond donors (Lipinski definition) is 1. The molecule has 2 aliphatic rings. The number of carboxylic acid groups (broad SMARTS) is 1. The van der Waals surface area contributed by atoms with Crippen LogP contribution >= 0.6 is 11.8 Å². The minimum Gasteiger partial charge on any atom is -0.543 e. The van der Waals surface area contributed by atoms with Crippen LogP contribution in [0.4, 0.5) is 0 Å². The van der Waals surface area contributed by atoms with Crippen LogP contribution < -0.4 is 24.0 Å². The van der Waals surface area contributed by atoms with Crippen molar-refractivity contribution in [3.63, 3.8) is 0 Å². The second-order valence-corrected chi connectivity index (χ2v) is 11.1. The number of carboxylic acids is 1. The number of fused-ring (bicyclic) bond motifs is 1. The predicted octanol–water partition coefficient (Wildman–Crippen LogP) is -0.282. The minimum absolute atomic E-state index is 0. The third-order valence-electron chi connectivity index (χ3n) is 5.46. The van der Waals surface area contributed by atoms with E-state index in [0.717, 1.165) is 16.7 Å². The Hall–Kier alpha value is -1.68. The van der Waals surface area contributed by atoms with Crippen molar-refractivity contribution in [3.05, 3.63) is 40.1 Å². The summed E-state index contributed by atoms with van der Waals surface area (Å²) in [7, 11) is 0. The summed E-state index contributed by atoms with van der Waals surface area (Å²) in [6, 6.07) is 3.18. The molecule has 3 rings (SSSR count). The maximum Gasteiger partial charge on any atom is 1.00 e. The van der Waals surface area contributed by atoms with Gasteiger partial charge in [-0.25, -0.2) is 0 Å². The maximum absolute atomic E-state index is 12.6. The van der Waals surface area contributed by atoms with Crippen LogP contribution in [0.15, 0.2) is 28.4 Å². The Balaban J connectivity index is 0.00000341. The summed E-state index contributed by atoms with van der Waals surface area (Å²) in [6.45, 7) is 13.9. The van der Waals surface area contributed by atoms with E-state index >= 15 is 0 Å². The van der Waals surface area contributed by atoms with Crippen LogP contribution in [-0.4, -0.2) is 45.3 Å². The van der Waals surface area contributed by atoms with Gasteiger partial charge < -0.3 is 15.0 Å². The van der Waals surface area contributed by atoms with Crippen LogP contribution in [0.25, 0.3) is 0 Å². The normalized spacial score (nSPS) is 21.6. The number of rotatable bonds is 3. The number of phenolic OH excluding ortho intramolecular Hbond substituents is 1. The van der Waals surface area contributed by atoms with Crippen molar-refractivity contribution in [1.82, 2.24) is 4.90 Å². The van der Waals surface area contributed by atoms with Gasteiger partial charge in [0.15, 0.2) is 6.04 Å². The molecular formula is C23H29LiN2O4S. The molecule has 0 bridgehead atoms. The van der Waals surface area contributed by atoms with E-state index in [1.807, 2.05) is 53.7 Å². The van der Waals surface area contributed by atoms with Crippen molar-refractivity contribution >= 4 is 29.9 Å². The third kappa shape index (κ3) is 4.74. The van der Waals surface area contributed by atoms with Gasteiger partial charge in [0.05, 0.1) is 11.7 Å². The van der Waals surface area contributed by atoms with E-state index in [0.29, 0.717) is 17.1 Å². The fourth-order valence-corrected chi connectivity index (χ4v) is 5.07. The summed E-state index contributed by atoms with van der Waals surface area (Å²) in [5, 5.41) is 22.0. The first-order valence-corrected chi connectivity index (χ1v) is 11.0. The molecule has 2 heterocycles. The van der Waals surface area contributed by atoms with Crippen LogP contribution in [0.1, 0.15) is 65.2 Å². The molecule has 1 N–H and O–H groups in total. The zero-order chi connectivity index (χ0) is 22.6. The van der Waals surface area contributed by atoms with Crippen LogP contribution in [-0.2, 0) is 20.4 Å². The summed E-state index contributed by atoms with van der Waals surface area (Å²) >= 11 is 1.51. The minimum atomic E-state index is -1.32.